The number of rotatable bonds is 8. The summed E-state index contributed by atoms with van der Waals surface area (Å²) in [5.74, 6) is 0. The molecule has 22 aliphatic rings. The van der Waals surface area contributed by atoms with Crippen molar-refractivity contribution in [2.75, 3.05) is 39.6 Å². The summed E-state index contributed by atoms with van der Waals surface area (Å²) in [7, 11) is -5.69. The van der Waals surface area contributed by atoms with Crippen LogP contribution in [0, 0.1) is 0 Å². The van der Waals surface area contributed by atoms with Gasteiger partial charge in [-0.1, -0.05) is 0 Å². The summed E-state index contributed by atoms with van der Waals surface area (Å²) in [5.41, 5.74) is 0. The third kappa shape index (κ3) is 11.4. The first-order chi connectivity index (χ1) is 33.1. The van der Waals surface area contributed by atoms with Crippen molar-refractivity contribution in [1.29, 1.82) is 0 Å². The van der Waals surface area contributed by atoms with Crippen LogP contribution in [0.15, 0.2) is 0 Å². The molecule has 0 amide bonds. The molecule has 0 aromatic carbocycles. The van der Waals surface area contributed by atoms with Gasteiger partial charge in [0.2, 0.25) is 0 Å². The zero-order valence-corrected chi connectivity index (χ0v) is 37.1. The second-order valence-corrected chi connectivity index (χ2v) is 18.6. The summed E-state index contributed by atoms with van der Waals surface area (Å²) in [6.07, 6.45) is -61.8. The minimum atomic E-state index is -5.69. The molecule has 33 nitrogen and oxygen atoms in total. The highest BCUT2D eigenvalue weighted by atomic mass is 31.2. The maximum atomic E-state index is 12.3. The van der Waals surface area contributed by atoms with Crippen LogP contribution >= 0.6 is 7.82 Å². The molecule has 12 bridgehead atoms. The van der Waals surface area contributed by atoms with Gasteiger partial charge in [0.25, 0.3) is 0 Å². The second-order valence-electron chi connectivity index (χ2n) is 17.4. The summed E-state index contributed by atoms with van der Waals surface area (Å²) >= 11 is 0. The Bertz CT molecular complexity index is 1690. The summed E-state index contributed by atoms with van der Waals surface area (Å²) in [5, 5.41) is 186. The van der Waals surface area contributed by atoms with Gasteiger partial charge >= 0.3 is 7.82 Å². The molecule has 0 saturated carbocycles. The van der Waals surface area contributed by atoms with Gasteiger partial charge in [-0.05, 0) is 0 Å². The molecule has 0 aromatic heterocycles. The molecule has 22 saturated heterocycles. The fourth-order valence-electron chi connectivity index (χ4n) is 9.19. The van der Waals surface area contributed by atoms with Gasteiger partial charge < -0.3 is 153 Å². The van der Waals surface area contributed by atoms with Gasteiger partial charge in [0.1, 0.15) is 146 Å². The van der Waals surface area contributed by atoms with E-state index >= 15 is 0 Å². The second kappa shape index (κ2) is 23.5. The average molecular weight is 1050 g/mol. The fraction of sp³-hybridized carbons (Fsp3) is 1.00. The first-order valence-electron chi connectivity index (χ1n) is 21.8. The lowest BCUT2D eigenvalue weighted by atomic mass is 9.94. The van der Waals surface area contributed by atoms with E-state index in [1.165, 1.54) is 0 Å². The van der Waals surface area contributed by atoms with E-state index in [1.54, 1.807) is 0 Å². The van der Waals surface area contributed by atoms with Crippen molar-refractivity contribution in [3.8, 4) is 0 Å². The Labute approximate surface area is 394 Å². The van der Waals surface area contributed by atoms with Crippen molar-refractivity contribution in [3.05, 3.63) is 0 Å². The largest absolute Gasteiger partial charge is 0.470 e. The molecule has 34 heteroatoms. The highest BCUT2D eigenvalue weighted by Crippen LogP contribution is 2.44. The molecule has 22 fully saturated rings. The Morgan fingerprint density at radius 3 is 0.671 bits per heavy atom. The Morgan fingerprint density at radius 1 is 0.286 bits per heavy atom. The quantitative estimate of drug-likeness (QED) is 0.100. The smallest absolute Gasteiger partial charge is 0.394 e. The molecule has 19 N–H and O–H groups in total. The molecule has 0 aliphatic carbocycles. The van der Waals surface area contributed by atoms with Crippen molar-refractivity contribution in [3.63, 3.8) is 0 Å². The number of hydrogen-bond donors (Lipinski definition) is 19. The van der Waals surface area contributed by atoms with Crippen molar-refractivity contribution >= 4 is 7.82 Å². The van der Waals surface area contributed by atoms with E-state index < -0.39 is 232 Å². The zero-order chi connectivity index (χ0) is 51.3. The van der Waals surface area contributed by atoms with E-state index in [-0.39, 0.29) is 0 Å². The van der Waals surface area contributed by atoms with Gasteiger partial charge in [0.05, 0.1) is 39.6 Å². The maximum Gasteiger partial charge on any atom is 0.470 e. The molecule has 0 radical (unpaired) electrons. The van der Waals surface area contributed by atoms with E-state index in [0.29, 0.717) is 0 Å². The predicted molar refractivity (Wildman–Crippen MR) is 207 cm³/mol. The first kappa shape index (κ1) is 56.7. The number of hydrogen-bond acceptors (Lipinski definition) is 31. The topological polar surface area (TPSA) is 521 Å². The lowest BCUT2D eigenvalue weighted by molar-refractivity contribution is -0.403. The lowest BCUT2D eigenvalue weighted by Crippen LogP contribution is -2.69. The number of phosphoric ester groups is 1. The minimum Gasteiger partial charge on any atom is -0.394 e. The number of aliphatic hydroxyl groups excluding tert-OH is 17. The average Bonchev–Trinajstić information content (AvgIpc) is 3.33. The molecule has 0 unspecified atom stereocenters. The van der Waals surface area contributed by atoms with Crippen molar-refractivity contribution in [2.24, 2.45) is 0 Å². The van der Waals surface area contributed by atoms with Gasteiger partial charge in [-0.2, -0.15) is 0 Å². The lowest BCUT2D eigenvalue weighted by Gasteiger charge is -2.51. The van der Waals surface area contributed by atoms with Crippen LogP contribution in [0.4, 0.5) is 0 Å². The third-order valence-corrected chi connectivity index (χ3v) is 13.4. The van der Waals surface area contributed by atoms with E-state index in [9.17, 15) is 101 Å². The molecular formula is C36H61O33P. The van der Waals surface area contributed by atoms with Gasteiger partial charge in [0, 0.05) is 0 Å². The molecule has 22 heterocycles. The van der Waals surface area contributed by atoms with Gasteiger partial charge in [-0.3, -0.25) is 4.52 Å². The molecule has 0 aromatic rings. The molecule has 30 atom stereocenters. The normalized spacial score (nSPS) is 53.1. The van der Waals surface area contributed by atoms with Gasteiger partial charge in [-0.25, -0.2) is 4.57 Å². The van der Waals surface area contributed by atoms with E-state index in [0.717, 1.165) is 0 Å². The summed E-state index contributed by atoms with van der Waals surface area (Å²) in [6, 6.07) is 0. The zero-order valence-electron chi connectivity index (χ0n) is 36.2. The Balaban J connectivity index is 1.22. The van der Waals surface area contributed by atoms with Crippen LogP contribution in [0.3, 0.4) is 0 Å². The van der Waals surface area contributed by atoms with Crippen LogP contribution in [0.2, 0.25) is 0 Å². The summed E-state index contributed by atoms with van der Waals surface area (Å²) < 4.78 is 84.9. The Morgan fingerprint density at radius 2 is 0.471 bits per heavy atom. The van der Waals surface area contributed by atoms with Crippen molar-refractivity contribution < 1.29 is 163 Å². The highest BCUT2D eigenvalue weighted by molar-refractivity contribution is 7.46. The predicted octanol–water partition coefficient (Wildman–Crippen LogP) is -12.9. The SMILES string of the molecule is O=P(O)(O)O[C@@H]1[C@@H](O)[C@H]2O[C@H]3[C@H](O)[C@@H](O)[C@@H](O[C@H]4[C@H](O)[C@@H](O)[C@@H](O[C@H]5[C@H](O)[C@@H](O)[C@@H](O[C@H]6[C@H](O)[C@@H](O)[C@@H](O[C@H]7[C@H](O)[C@@H](O)[C@@H](O[C@H]1[C@@H](CO)O2)O[C@@H]7CO)O[C@@H]6CO)O[C@@H]5CO)O[C@@H]4CO)O[C@@H]3CO. The summed E-state index contributed by atoms with van der Waals surface area (Å²) in [6.45, 7) is -6.48. The van der Waals surface area contributed by atoms with Crippen LogP contribution < -0.4 is 0 Å². The molecule has 0 spiro atoms. The fourth-order valence-corrected chi connectivity index (χ4v) is 9.75. The maximum absolute atomic E-state index is 12.3. The molecule has 408 valence electrons. The number of aliphatic hydroxyl groups is 17. The van der Waals surface area contributed by atoms with Crippen LogP contribution in [-0.2, 0) is 65.9 Å². The number of ether oxygens (including phenoxy) is 12. The standard InChI is InChI=1S/C36H61O33P/c37-1-7-24-13(43)18(48)31(57-7)64-25-8(2-38)59-33(20(50)15(25)45)66-27-10(4-40)61-35(22(52)17(27)47)68-29-12(6-42)62-36(23(53)30(29)69-70(54,55)56)67-28-11(5-41)60-34(21(51)16(28)46)65-26-9(3-39)58-32(63-24)19(49)14(26)44/h7-53H,1-6H2,(H2,54,55,56)/t7-,8-,9-,10-,11-,12-,13-,14-,15-,16-,17-,18-,19-,20-,21-,22-,23-,24-,25-,26-,27-,28-,29+,30-,31-,32-,33-,34-,35-,36-/m1/s1. The van der Waals surface area contributed by atoms with E-state index in [4.69, 9.17) is 61.4 Å². The molecule has 22 rings (SSSR count). The molecule has 22 aliphatic heterocycles. The van der Waals surface area contributed by atoms with Gasteiger partial charge in [-0.15, -0.1) is 0 Å². The van der Waals surface area contributed by atoms with Crippen LogP contribution in [0.1, 0.15) is 0 Å². The molecular weight excluding hydrogens is 991 g/mol. The minimum absolute atomic E-state index is 1.03. The van der Waals surface area contributed by atoms with Crippen molar-refractivity contribution in [2.45, 2.75) is 184 Å². The third-order valence-electron chi connectivity index (χ3n) is 12.9. The highest BCUT2D eigenvalue weighted by Gasteiger charge is 2.59. The van der Waals surface area contributed by atoms with E-state index in [2.05, 4.69) is 0 Å². The van der Waals surface area contributed by atoms with Gasteiger partial charge in [0.15, 0.2) is 37.7 Å². The van der Waals surface area contributed by atoms with Crippen LogP contribution in [0.5, 0.6) is 0 Å². The Kier molecular flexibility index (Phi) is 19.0. The van der Waals surface area contributed by atoms with E-state index in [1.807, 2.05) is 0 Å². The van der Waals surface area contributed by atoms with Crippen LogP contribution in [0.25, 0.3) is 0 Å². The van der Waals surface area contributed by atoms with Crippen LogP contribution in [-0.4, -0.2) is 320 Å². The Hall–Kier alpha value is -1.05. The summed E-state index contributed by atoms with van der Waals surface area (Å²) in [4.78, 5) is 19.7. The molecule has 70 heavy (non-hydrogen) atoms. The first-order valence-corrected chi connectivity index (χ1v) is 23.4. The van der Waals surface area contributed by atoms with Crippen molar-refractivity contribution in [1.82, 2.24) is 0 Å². The number of phosphoric acid groups is 1. The monoisotopic (exact) mass is 1050 g/mol.